The molecular formula is C28H38B2IN2O3. The third-order valence-corrected chi connectivity index (χ3v) is 8.91. The molecule has 2 aromatic carbocycles. The normalized spacial score (nSPS) is 17.7. The van der Waals surface area contributed by atoms with Crippen LogP contribution >= 0.6 is 22.6 Å². The summed E-state index contributed by atoms with van der Waals surface area (Å²) in [6.45, 7) is 6.82. The fourth-order valence-electron chi connectivity index (χ4n) is 6.16. The summed E-state index contributed by atoms with van der Waals surface area (Å²) in [5.74, 6) is 1.11. The zero-order chi connectivity index (χ0) is 26.1. The molecule has 1 radical (unpaired) electrons. The van der Waals surface area contributed by atoms with Crippen molar-refractivity contribution in [2.45, 2.75) is 84.0 Å². The summed E-state index contributed by atoms with van der Waals surface area (Å²) >= 11 is 2.46. The molecule has 2 aromatic rings. The fourth-order valence-corrected chi connectivity index (χ4v) is 6.60. The number of halogens is 1. The van der Waals surface area contributed by atoms with Gasteiger partial charge in [0.25, 0.3) is 0 Å². The quantitative estimate of drug-likeness (QED) is 0.102. The zero-order valence-corrected chi connectivity index (χ0v) is 24.0. The van der Waals surface area contributed by atoms with Gasteiger partial charge in [-0.1, -0.05) is 122 Å². The van der Waals surface area contributed by atoms with Crippen molar-refractivity contribution in [1.82, 2.24) is 0 Å². The van der Waals surface area contributed by atoms with E-state index in [1.54, 1.807) is 0 Å². The Morgan fingerprint density at radius 3 is 2.11 bits per heavy atom. The van der Waals surface area contributed by atoms with Gasteiger partial charge in [-0.3, -0.25) is 0 Å². The van der Waals surface area contributed by atoms with E-state index in [0.717, 1.165) is 41.1 Å². The minimum absolute atomic E-state index is 0.254. The Morgan fingerprint density at radius 1 is 0.944 bits per heavy atom. The standard InChI is InChI=1S/C28H38B2IN2O3/c1-4-7-9-20(5-2)18-28(19-21(6-3)10-8-15-31)26-16-22(29-32-35)11-13-24(26)25-14-12-23(17-27(25)28)30(34)33-36/h11-14,16-17,20-21,34H,4-10,15,18-19H2,1-3H3. The predicted octanol–water partition coefficient (Wildman–Crippen LogP) is 6.66. The molecule has 0 bridgehead atoms. The Kier molecular flexibility index (Phi) is 11.2. The van der Waals surface area contributed by atoms with Gasteiger partial charge in [-0.05, 0) is 69.7 Å². The lowest BCUT2D eigenvalue weighted by Crippen LogP contribution is -2.35. The third kappa shape index (κ3) is 6.29. The van der Waals surface area contributed by atoms with E-state index in [1.165, 1.54) is 56.2 Å². The molecule has 0 aromatic heterocycles. The minimum Gasteiger partial charge on any atom is -0.425 e. The molecule has 3 unspecified atom stereocenters. The Bertz CT molecular complexity index is 1020. The van der Waals surface area contributed by atoms with Crippen molar-refractivity contribution in [3.8, 4) is 11.1 Å². The maximum absolute atomic E-state index is 11.2. The third-order valence-electron chi connectivity index (χ3n) is 8.15. The molecular weight excluding hydrogens is 561 g/mol. The molecule has 36 heavy (non-hydrogen) atoms. The second-order valence-corrected chi connectivity index (χ2v) is 11.4. The molecule has 5 nitrogen and oxygen atoms in total. The van der Waals surface area contributed by atoms with Crippen molar-refractivity contribution >= 4 is 48.0 Å². The van der Waals surface area contributed by atoms with Gasteiger partial charge in [-0.2, -0.15) is 9.81 Å². The van der Waals surface area contributed by atoms with Crippen molar-refractivity contribution in [3.63, 3.8) is 0 Å². The van der Waals surface area contributed by atoms with Crippen LogP contribution in [0.5, 0.6) is 0 Å². The second kappa shape index (κ2) is 13.8. The summed E-state index contributed by atoms with van der Waals surface area (Å²) in [5.41, 5.74) is 5.90. The molecule has 1 N–H and O–H groups in total. The van der Waals surface area contributed by atoms with E-state index in [2.05, 4.69) is 65.7 Å². The second-order valence-electron chi connectivity index (χ2n) is 10.3. The van der Waals surface area contributed by atoms with Crippen molar-refractivity contribution in [2.24, 2.45) is 22.0 Å². The van der Waals surface area contributed by atoms with E-state index in [-0.39, 0.29) is 5.41 Å². The van der Waals surface area contributed by atoms with E-state index in [1.807, 2.05) is 24.3 Å². The summed E-state index contributed by atoms with van der Waals surface area (Å²) in [4.78, 5) is 22.4. The van der Waals surface area contributed by atoms with Crippen molar-refractivity contribution in [2.75, 3.05) is 4.43 Å². The van der Waals surface area contributed by atoms with Crippen LogP contribution in [0.2, 0.25) is 0 Å². The molecule has 1 aliphatic rings. The van der Waals surface area contributed by atoms with Crippen molar-refractivity contribution < 1.29 is 5.02 Å². The molecule has 0 saturated heterocycles. The first-order valence-corrected chi connectivity index (χ1v) is 15.0. The van der Waals surface area contributed by atoms with Gasteiger partial charge < -0.3 is 5.02 Å². The highest BCUT2D eigenvalue weighted by Crippen LogP contribution is 2.55. The number of nitrogens with zero attached hydrogens (tertiary/aromatic N) is 2. The number of alkyl halides is 1. The highest BCUT2D eigenvalue weighted by molar-refractivity contribution is 14.1. The molecule has 191 valence electrons. The van der Waals surface area contributed by atoms with Gasteiger partial charge in [0.2, 0.25) is 0 Å². The van der Waals surface area contributed by atoms with Crippen LogP contribution in [0, 0.1) is 21.6 Å². The summed E-state index contributed by atoms with van der Waals surface area (Å²) in [6.07, 6.45) is 10.2. The Balaban J connectivity index is 2.26. The molecule has 0 heterocycles. The number of unbranched alkanes of at least 4 members (excludes halogenated alkanes) is 1. The summed E-state index contributed by atoms with van der Waals surface area (Å²) in [5, 5.41) is 16.3. The Morgan fingerprint density at radius 2 is 1.56 bits per heavy atom. The number of hydrogen-bond donors (Lipinski definition) is 1. The molecule has 1 aliphatic carbocycles. The van der Waals surface area contributed by atoms with Crippen molar-refractivity contribution in [3.05, 3.63) is 57.3 Å². The van der Waals surface area contributed by atoms with Gasteiger partial charge in [0.15, 0.2) is 0 Å². The van der Waals surface area contributed by atoms with Crippen LogP contribution < -0.4 is 10.9 Å². The lowest BCUT2D eigenvalue weighted by atomic mass is 9.63. The van der Waals surface area contributed by atoms with Crippen molar-refractivity contribution in [1.29, 1.82) is 0 Å². The predicted molar refractivity (Wildman–Crippen MR) is 162 cm³/mol. The maximum Gasteiger partial charge on any atom is 0.517 e. The molecule has 8 heteroatoms. The van der Waals surface area contributed by atoms with E-state index >= 15 is 0 Å². The average molecular weight is 599 g/mol. The maximum atomic E-state index is 11.2. The molecule has 3 atom stereocenters. The molecule has 0 fully saturated rings. The van der Waals surface area contributed by atoms with Gasteiger partial charge in [0.1, 0.15) is 0 Å². The molecule has 0 spiro atoms. The number of rotatable bonds is 16. The molecule has 0 aliphatic heterocycles. The molecule has 0 amide bonds. The van der Waals surface area contributed by atoms with Crippen LogP contribution in [0.15, 0.2) is 46.6 Å². The minimum atomic E-state index is -1.37. The van der Waals surface area contributed by atoms with Gasteiger partial charge in [-0.25, -0.2) is 0 Å². The van der Waals surface area contributed by atoms with Gasteiger partial charge in [-0.15, -0.1) is 5.09 Å². The largest absolute Gasteiger partial charge is 0.517 e. The highest BCUT2D eigenvalue weighted by Gasteiger charge is 2.45. The first-order chi connectivity index (χ1) is 17.5. The smallest absolute Gasteiger partial charge is 0.425 e. The Hall–Kier alpha value is -1.54. The molecule has 0 saturated carbocycles. The average Bonchev–Trinajstić information content (AvgIpc) is 3.16. The van der Waals surface area contributed by atoms with Crippen LogP contribution in [0.1, 0.15) is 89.7 Å². The summed E-state index contributed by atoms with van der Waals surface area (Å²) < 4.78 is 1.15. The number of benzene rings is 2. The van der Waals surface area contributed by atoms with E-state index in [4.69, 9.17) is 0 Å². The Labute approximate surface area is 231 Å². The summed E-state index contributed by atoms with van der Waals surface area (Å²) in [6, 6.07) is 12.1. The van der Waals surface area contributed by atoms with Gasteiger partial charge in [0.05, 0.1) is 0 Å². The topological polar surface area (TPSA) is 79.1 Å². The van der Waals surface area contributed by atoms with Crippen LogP contribution in [-0.2, 0) is 5.41 Å². The highest BCUT2D eigenvalue weighted by atomic mass is 127. The first-order valence-electron chi connectivity index (χ1n) is 13.5. The number of nitroso groups, excluding NO2 is 2. The van der Waals surface area contributed by atoms with E-state index in [0.29, 0.717) is 17.3 Å². The lowest BCUT2D eigenvalue weighted by Gasteiger charge is -2.39. The summed E-state index contributed by atoms with van der Waals surface area (Å²) in [7, 11) is 0.0179. The monoisotopic (exact) mass is 599 g/mol. The van der Waals surface area contributed by atoms with Gasteiger partial charge >= 0.3 is 14.5 Å². The van der Waals surface area contributed by atoms with E-state index in [9.17, 15) is 14.8 Å². The fraction of sp³-hybridized carbons (Fsp3) is 0.571. The van der Waals surface area contributed by atoms with E-state index < -0.39 is 7.05 Å². The zero-order valence-electron chi connectivity index (χ0n) is 21.9. The van der Waals surface area contributed by atoms with Crippen LogP contribution in [0.3, 0.4) is 0 Å². The first kappa shape index (κ1) is 29.0. The number of hydrogen-bond acceptors (Lipinski definition) is 5. The SMILES string of the molecule is CCCCC(CC)CC1(CC(CC)CCCI)c2cc([B]N=O)ccc2-c2ccc(B(O)N=O)cc21. The van der Waals surface area contributed by atoms with Crippen LogP contribution in [-0.4, -0.2) is 23.9 Å². The number of fused-ring (bicyclic) bond motifs is 3. The van der Waals surface area contributed by atoms with Crippen LogP contribution in [0.4, 0.5) is 0 Å². The molecule has 3 rings (SSSR count). The van der Waals surface area contributed by atoms with Gasteiger partial charge in [0, 0.05) is 5.41 Å². The van der Waals surface area contributed by atoms with Crippen LogP contribution in [0.25, 0.3) is 11.1 Å². The lowest BCUT2D eigenvalue weighted by molar-refractivity contribution is 0.268.